The number of hydrogen-bond acceptors (Lipinski definition) is 2. The Morgan fingerprint density at radius 2 is 1.85 bits per heavy atom. The molecule has 0 bridgehead atoms. The molecule has 0 radical (unpaired) electrons. The van der Waals surface area contributed by atoms with Gasteiger partial charge < -0.3 is 5.73 Å². The summed E-state index contributed by atoms with van der Waals surface area (Å²) in [6.45, 7) is 1.56. The molecular formula is C17H21ClN2. The Morgan fingerprint density at radius 3 is 2.50 bits per heavy atom. The van der Waals surface area contributed by atoms with E-state index in [2.05, 4.69) is 42.3 Å². The van der Waals surface area contributed by atoms with Gasteiger partial charge in [0.25, 0.3) is 0 Å². The minimum atomic E-state index is 0.206. The third-order valence-electron chi connectivity index (χ3n) is 3.58. The Hall–Kier alpha value is -1.35. The summed E-state index contributed by atoms with van der Waals surface area (Å²) in [6.07, 6.45) is 1.02. The Morgan fingerprint density at radius 1 is 1.10 bits per heavy atom. The second-order valence-electron chi connectivity index (χ2n) is 5.02. The molecule has 0 aromatic heterocycles. The van der Waals surface area contributed by atoms with Crippen LogP contribution in [0.4, 0.5) is 0 Å². The highest BCUT2D eigenvalue weighted by atomic mass is 35.5. The van der Waals surface area contributed by atoms with E-state index in [-0.39, 0.29) is 6.04 Å². The Bertz CT molecular complexity index is 528. The summed E-state index contributed by atoms with van der Waals surface area (Å²) in [5.41, 5.74) is 8.46. The number of hydrogen-bond donors (Lipinski definition) is 1. The average Bonchev–Trinajstić information content (AvgIpc) is 2.47. The van der Waals surface area contributed by atoms with Gasteiger partial charge in [-0.25, -0.2) is 0 Å². The van der Waals surface area contributed by atoms with Crippen molar-refractivity contribution in [3.63, 3.8) is 0 Å². The predicted octanol–water partition coefficient (Wildman–Crippen LogP) is 3.51. The molecule has 0 aliphatic rings. The normalized spacial score (nSPS) is 12.6. The second-order valence-corrected chi connectivity index (χ2v) is 5.46. The van der Waals surface area contributed by atoms with Crippen LogP contribution in [0.2, 0.25) is 5.02 Å². The molecule has 106 valence electrons. The standard InChI is InChI=1S/C17H21ClN2/c1-20(11-10-14-6-3-2-4-7-14)17(13-19)15-8-5-9-16(18)12-15/h2-9,12,17H,10-11,13,19H2,1H3. The number of rotatable bonds is 6. The highest BCUT2D eigenvalue weighted by molar-refractivity contribution is 6.30. The molecule has 1 unspecified atom stereocenters. The van der Waals surface area contributed by atoms with Crippen molar-refractivity contribution in [1.82, 2.24) is 4.90 Å². The highest BCUT2D eigenvalue weighted by Gasteiger charge is 2.15. The van der Waals surface area contributed by atoms with Gasteiger partial charge in [0.1, 0.15) is 0 Å². The molecule has 2 aromatic carbocycles. The lowest BCUT2D eigenvalue weighted by Crippen LogP contribution is -2.32. The highest BCUT2D eigenvalue weighted by Crippen LogP contribution is 2.21. The number of nitrogens with two attached hydrogens (primary N) is 1. The van der Waals surface area contributed by atoms with Crippen LogP contribution in [0.3, 0.4) is 0 Å². The largest absolute Gasteiger partial charge is 0.329 e. The van der Waals surface area contributed by atoms with Gasteiger partial charge in [-0.3, -0.25) is 4.90 Å². The first kappa shape index (κ1) is 15.0. The van der Waals surface area contributed by atoms with E-state index in [1.54, 1.807) is 0 Å². The average molecular weight is 289 g/mol. The molecule has 2 rings (SSSR count). The van der Waals surface area contributed by atoms with Crippen molar-refractivity contribution in [1.29, 1.82) is 0 Å². The van der Waals surface area contributed by atoms with Crippen molar-refractivity contribution in [3.05, 3.63) is 70.7 Å². The number of benzene rings is 2. The molecule has 2 N–H and O–H groups in total. The summed E-state index contributed by atoms with van der Waals surface area (Å²) in [6, 6.07) is 18.7. The number of nitrogens with zero attached hydrogens (tertiary/aromatic N) is 1. The van der Waals surface area contributed by atoms with Gasteiger partial charge >= 0.3 is 0 Å². The lowest BCUT2D eigenvalue weighted by atomic mass is 10.0. The van der Waals surface area contributed by atoms with Crippen LogP contribution in [-0.4, -0.2) is 25.0 Å². The minimum Gasteiger partial charge on any atom is -0.329 e. The molecule has 3 heteroatoms. The van der Waals surface area contributed by atoms with Gasteiger partial charge in [0.05, 0.1) is 0 Å². The van der Waals surface area contributed by atoms with E-state index in [0.717, 1.165) is 18.0 Å². The van der Waals surface area contributed by atoms with Crippen LogP contribution < -0.4 is 5.73 Å². The van der Waals surface area contributed by atoms with Crippen LogP contribution in [0.5, 0.6) is 0 Å². The van der Waals surface area contributed by atoms with E-state index in [1.807, 2.05) is 24.3 Å². The third-order valence-corrected chi connectivity index (χ3v) is 3.82. The van der Waals surface area contributed by atoms with E-state index in [4.69, 9.17) is 17.3 Å². The van der Waals surface area contributed by atoms with Gasteiger partial charge in [-0.15, -0.1) is 0 Å². The van der Waals surface area contributed by atoms with Crippen LogP contribution in [0.1, 0.15) is 17.2 Å². The van der Waals surface area contributed by atoms with E-state index < -0.39 is 0 Å². The van der Waals surface area contributed by atoms with Gasteiger partial charge in [-0.05, 0) is 36.7 Å². The first-order valence-corrected chi connectivity index (χ1v) is 7.28. The Labute approximate surface area is 126 Å². The summed E-state index contributed by atoms with van der Waals surface area (Å²) in [5, 5.41) is 0.761. The Balaban J connectivity index is 2.00. The smallest absolute Gasteiger partial charge is 0.0468 e. The third kappa shape index (κ3) is 4.07. The summed E-state index contributed by atoms with van der Waals surface area (Å²) >= 11 is 6.06. The first-order valence-electron chi connectivity index (χ1n) is 6.90. The van der Waals surface area contributed by atoms with Gasteiger partial charge in [0.2, 0.25) is 0 Å². The molecule has 0 fully saturated rings. The molecule has 0 aliphatic heterocycles. The van der Waals surface area contributed by atoms with Gasteiger partial charge in [-0.2, -0.15) is 0 Å². The maximum absolute atomic E-state index is 6.06. The molecule has 0 saturated carbocycles. The van der Waals surface area contributed by atoms with Crippen molar-refractivity contribution in [2.45, 2.75) is 12.5 Å². The van der Waals surface area contributed by atoms with E-state index >= 15 is 0 Å². The maximum Gasteiger partial charge on any atom is 0.0468 e. The van der Waals surface area contributed by atoms with E-state index in [0.29, 0.717) is 6.54 Å². The fourth-order valence-electron chi connectivity index (χ4n) is 2.39. The number of halogens is 1. The monoisotopic (exact) mass is 288 g/mol. The van der Waals surface area contributed by atoms with Crippen molar-refractivity contribution in [2.75, 3.05) is 20.1 Å². The van der Waals surface area contributed by atoms with Crippen molar-refractivity contribution < 1.29 is 0 Å². The molecule has 0 aliphatic carbocycles. The zero-order chi connectivity index (χ0) is 14.4. The van der Waals surface area contributed by atoms with Crippen molar-refractivity contribution in [2.24, 2.45) is 5.73 Å². The zero-order valence-electron chi connectivity index (χ0n) is 11.8. The lowest BCUT2D eigenvalue weighted by molar-refractivity contribution is 0.253. The molecule has 0 saturated heterocycles. The molecule has 2 aromatic rings. The SMILES string of the molecule is CN(CCc1ccccc1)C(CN)c1cccc(Cl)c1. The zero-order valence-corrected chi connectivity index (χ0v) is 12.6. The van der Waals surface area contributed by atoms with Crippen molar-refractivity contribution in [3.8, 4) is 0 Å². The molecule has 0 spiro atoms. The molecule has 0 heterocycles. The lowest BCUT2D eigenvalue weighted by Gasteiger charge is -2.27. The first-order chi connectivity index (χ1) is 9.70. The molecule has 2 nitrogen and oxygen atoms in total. The fraction of sp³-hybridized carbons (Fsp3) is 0.294. The molecule has 1 atom stereocenters. The fourth-order valence-corrected chi connectivity index (χ4v) is 2.59. The quantitative estimate of drug-likeness (QED) is 0.881. The summed E-state index contributed by atoms with van der Waals surface area (Å²) in [4.78, 5) is 2.29. The second kappa shape index (κ2) is 7.44. The van der Waals surface area contributed by atoms with Gasteiger partial charge in [0, 0.05) is 24.2 Å². The van der Waals surface area contributed by atoms with Gasteiger partial charge in [0.15, 0.2) is 0 Å². The van der Waals surface area contributed by atoms with Crippen LogP contribution in [-0.2, 0) is 6.42 Å². The topological polar surface area (TPSA) is 29.3 Å². The van der Waals surface area contributed by atoms with Crippen LogP contribution in [0, 0.1) is 0 Å². The van der Waals surface area contributed by atoms with Crippen LogP contribution in [0.15, 0.2) is 54.6 Å². The van der Waals surface area contributed by atoms with Crippen LogP contribution >= 0.6 is 11.6 Å². The van der Waals surface area contributed by atoms with E-state index in [1.165, 1.54) is 11.1 Å². The molecule has 20 heavy (non-hydrogen) atoms. The predicted molar refractivity (Wildman–Crippen MR) is 86.0 cm³/mol. The van der Waals surface area contributed by atoms with Crippen LogP contribution in [0.25, 0.3) is 0 Å². The maximum atomic E-state index is 6.06. The molecular weight excluding hydrogens is 268 g/mol. The summed E-state index contributed by atoms with van der Waals surface area (Å²) < 4.78 is 0. The van der Waals surface area contributed by atoms with Crippen molar-refractivity contribution >= 4 is 11.6 Å². The minimum absolute atomic E-state index is 0.206. The number of likely N-dealkylation sites (N-methyl/N-ethyl adjacent to an activating group) is 1. The molecule has 0 amide bonds. The van der Waals surface area contributed by atoms with Gasteiger partial charge in [-0.1, -0.05) is 54.1 Å². The van der Waals surface area contributed by atoms with E-state index in [9.17, 15) is 0 Å². The summed E-state index contributed by atoms with van der Waals surface area (Å²) in [5.74, 6) is 0. The Kier molecular flexibility index (Phi) is 5.60. The summed E-state index contributed by atoms with van der Waals surface area (Å²) in [7, 11) is 2.11.